The van der Waals surface area contributed by atoms with E-state index >= 15 is 0 Å². The van der Waals surface area contributed by atoms with Gasteiger partial charge in [-0.15, -0.1) is 0 Å². The molecule has 0 spiro atoms. The molecule has 0 unspecified atom stereocenters. The van der Waals surface area contributed by atoms with Crippen LogP contribution in [0.2, 0.25) is 0 Å². The summed E-state index contributed by atoms with van der Waals surface area (Å²) in [5, 5.41) is 11.0. The standard InChI is InChI=1S/C28H53N8O3P/c1-22-21-36(17-16-35(22)15-6-18-40(37,38)39)27-19-26(29)33-28(34-27)32-25-11-9-23(10-12-25)20-30-13-5-14-31-24-7-3-2-4-8-24/h19,22-25,30-31H,2-18,20-21H2,1H3,(H2,37,38,39)(H3,29,32,33,34)/t22-,23?,25?/m1/s1. The first-order chi connectivity index (χ1) is 19.2. The highest BCUT2D eigenvalue weighted by molar-refractivity contribution is 7.51. The number of nitrogens with one attached hydrogen (secondary N) is 3. The van der Waals surface area contributed by atoms with Gasteiger partial charge in [-0.1, -0.05) is 19.3 Å². The Bertz CT molecular complexity index is 936. The maximum Gasteiger partial charge on any atom is 0.325 e. The Hall–Kier alpha value is -1.49. The van der Waals surface area contributed by atoms with E-state index in [2.05, 4.69) is 37.7 Å². The largest absolute Gasteiger partial charge is 0.383 e. The molecule has 11 nitrogen and oxygen atoms in total. The van der Waals surface area contributed by atoms with E-state index in [0.29, 0.717) is 30.8 Å². The fourth-order valence-corrected chi connectivity index (χ4v) is 7.07. The van der Waals surface area contributed by atoms with Gasteiger partial charge in [0.1, 0.15) is 11.6 Å². The zero-order valence-electron chi connectivity index (χ0n) is 24.4. The third-order valence-electron chi connectivity index (χ3n) is 8.90. The van der Waals surface area contributed by atoms with Gasteiger partial charge in [-0.25, -0.2) is 0 Å². The molecule has 4 rings (SSSR count). The van der Waals surface area contributed by atoms with Crippen molar-refractivity contribution >= 4 is 25.2 Å². The minimum atomic E-state index is -3.94. The monoisotopic (exact) mass is 580 g/mol. The van der Waals surface area contributed by atoms with Crippen LogP contribution >= 0.6 is 7.60 Å². The van der Waals surface area contributed by atoms with Crippen LogP contribution in [-0.4, -0.2) is 94.8 Å². The zero-order chi connectivity index (χ0) is 28.4. The van der Waals surface area contributed by atoms with Crippen molar-refractivity contribution in [3.8, 4) is 0 Å². The molecule has 1 aliphatic heterocycles. The third-order valence-corrected chi connectivity index (χ3v) is 9.80. The molecule has 0 aromatic carbocycles. The maximum atomic E-state index is 11.2. The van der Waals surface area contributed by atoms with E-state index in [9.17, 15) is 4.57 Å². The van der Waals surface area contributed by atoms with Gasteiger partial charge >= 0.3 is 7.60 Å². The van der Waals surface area contributed by atoms with Crippen LogP contribution in [-0.2, 0) is 4.57 Å². The van der Waals surface area contributed by atoms with Crippen molar-refractivity contribution in [2.45, 2.75) is 95.7 Å². The van der Waals surface area contributed by atoms with Crippen molar-refractivity contribution in [2.24, 2.45) is 5.92 Å². The molecule has 228 valence electrons. The van der Waals surface area contributed by atoms with E-state index < -0.39 is 7.60 Å². The van der Waals surface area contributed by atoms with Gasteiger partial charge in [0.15, 0.2) is 0 Å². The SMILES string of the molecule is C[C@@H]1CN(c2cc(N)nc(NC3CCC(CNCCCNC4CCCCC4)CC3)n2)CCN1CCCP(=O)(O)O. The molecule has 40 heavy (non-hydrogen) atoms. The first-order valence-electron chi connectivity index (χ1n) is 15.6. The second-order valence-corrected chi connectivity index (χ2v) is 14.0. The maximum absolute atomic E-state index is 11.2. The lowest BCUT2D eigenvalue weighted by molar-refractivity contribution is 0.188. The summed E-state index contributed by atoms with van der Waals surface area (Å²) < 4.78 is 11.2. The van der Waals surface area contributed by atoms with Gasteiger partial charge in [-0.2, -0.15) is 9.97 Å². The molecule has 0 radical (unpaired) electrons. The Balaban J connectivity index is 1.13. The number of aromatic nitrogens is 2. The number of hydrogen-bond donors (Lipinski definition) is 6. The fraction of sp³-hybridized carbons (Fsp3) is 0.857. The van der Waals surface area contributed by atoms with E-state index in [-0.39, 0.29) is 12.2 Å². The van der Waals surface area contributed by atoms with Crippen LogP contribution in [0.25, 0.3) is 0 Å². The minimum absolute atomic E-state index is 0.0616. The normalized spacial score (nSPS) is 25.3. The summed E-state index contributed by atoms with van der Waals surface area (Å²) in [6, 6.07) is 3.23. The molecule has 12 heteroatoms. The highest BCUT2D eigenvalue weighted by Gasteiger charge is 2.26. The molecule has 7 N–H and O–H groups in total. The summed E-state index contributed by atoms with van der Waals surface area (Å²) in [4.78, 5) is 32.1. The molecule has 3 fully saturated rings. The Kier molecular flexibility index (Phi) is 12.3. The van der Waals surface area contributed by atoms with Gasteiger partial charge in [0, 0.05) is 43.8 Å². The summed E-state index contributed by atoms with van der Waals surface area (Å²) in [6.07, 6.45) is 13.2. The highest BCUT2D eigenvalue weighted by atomic mass is 31.2. The predicted octanol–water partition coefficient (Wildman–Crippen LogP) is 3.01. The van der Waals surface area contributed by atoms with E-state index in [1.807, 2.05) is 6.07 Å². The van der Waals surface area contributed by atoms with Gasteiger partial charge in [0.05, 0.1) is 6.16 Å². The third kappa shape index (κ3) is 10.7. The topological polar surface area (TPSA) is 152 Å². The van der Waals surface area contributed by atoms with E-state index in [4.69, 9.17) is 20.5 Å². The summed E-state index contributed by atoms with van der Waals surface area (Å²) >= 11 is 0. The quantitative estimate of drug-likeness (QED) is 0.142. The van der Waals surface area contributed by atoms with Crippen LogP contribution in [0.15, 0.2) is 6.07 Å². The van der Waals surface area contributed by atoms with Crippen LogP contribution in [0.4, 0.5) is 17.6 Å². The second-order valence-electron chi connectivity index (χ2n) is 12.3. The number of nitrogen functional groups attached to an aromatic ring is 1. The van der Waals surface area contributed by atoms with Gasteiger partial charge < -0.3 is 36.4 Å². The molecule has 1 atom stereocenters. The summed E-state index contributed by atoms with van der Waals surface area (Å²) in [5.41, 5.74) is 6.18. The van der Waals surface area contributed by atoms with E-state index in [1.165, 1.54) is 51.4 Å². The number of nitrogens with zero attached hydrogens (tertiary/aromatic N) is 4. The number of anilines is 3. The molecule has 1 saturated heterocycles. The molecule has 0 amide bonds. The van der Waals surface area contributed by atoms with Crippen LogP contribution in [0.5, 0.6) is 0 Å². The number of rotatable bonds is 14. The first kappa shape index (κ1) is 31.4. The molecular weight excluding hydrogens is 527 g/mol. The molecule has 1 aromatic heterocycles. The smallest absolute Gasteiger partial charge is 0.325 e. The van der Waals surface area contributed by atoms with Gasteiger partial charge in [-0.05, 0) is 90.4 Å². The average Bonchev–Trinajstić information content (AvgIpc) is 2.92. The molecular formula is C28H53N8O3P. The second kappa shape index (κ2) is 15.7. The average molecular weight is 581 g/mol. The molecule has 3 aliphatic rings. The molecule has 0 bridgehead atoms. The lowest BCUT2D eigenvalue weighted by atomic mass is 9.86. The fourth-order valence-electron chi connectivity index (χ4n) is 6.52. The van der Waals surface area contributed by atoms with Crippen molar-refractivity contribution in [3.63, 3.8) is 0 Å². The van der Waals surface area contributed by atoms with E-state index in [0.717, 1.165) is 69.9 Å². The first-order valence-corrected chi connectivity index (χ1v) is 17.4. The van der Waals surface area contributed by atoms with Crippen molar-refractivity contribution in [3.05, 3.63) is 6.07 Å². The molecule has 1 aromatic rings. The Morgan fingerprint density at radius 3 is 2.50 bits per heavy atom. The van der Waals surface area contributed by atoms with Crippen molar-refractivity contribution < 1.29 is 14.4 Å². The van der Waals surface area contributed by atoms with Gasteiger partial charge in [-0.3, -0.25) is 9.46 Å². The number of hydrogen-bond acceptors (Lipinski definition) is 9. The van der Waals surface area contributed by atoms with Crippen LogP contribution in [0.1, 0.15) is 77.6 Å². The number of piperazine rings is 1. The number of nitrogens with two attached hydrogens (primary N) is 1. The van der Waals surface area contributed by atoms with Crippen molar-refractivity contribution in [1.82, 2.24) is 25.5 Å². The van der Waals surface area contributed by atoms with Crippen molar-refractivity contribution in [2.75, 3.05) is 67.9 Å². The van der Waals surface area contributed by atoms with Crippen LogP contribution in [0.3, 0.4) is 0 Å². The van der Waals surface area contributed by atoms with Gasteiger partial charge in [0.2, 0.25) is 5.95 Å². The Morgan fingerprint density at radius 2 is 1.77 bits per heavy atom. The molecule has 2 saturated carbocycles. The molecule has 2 aliphatic carbocycles. The predicted molar refractivity (Wildman–Crippen MR) is 163 cm³/mol. The Labute approximate surface area is 240 Å². The summed E-state index contributed by atoms with van der Waals surface area (Å²) in [7, 11) is -3.94. The van der Waals surface area contributed by atoms with Crippen LogP contribution < -0.4 is 26.6 Å². The van der Waals surface area contributed by atoms with Gasteiger partial charge in [0.25, 0.3) is 0 Å². The molecule has 2 heterocycles. The lowest BCUT2D eigenvalue weighted by Crippen LogP contribution is -2.52. The summed E-state index contributed by atoms with van der Waals surface area (Å²) in [6.45, 7) is 8.58. The lowest BCUT2D eigenvalue weighted by Gasteiger charge is -2.40. The van der Waals surface area contributed by atoms with E-state index in [1.54, 1.807) is 0 Å². The Morgan fingerprint density at radius 1 is 1.00 bits per heavy atom. The van der Waals surface area contributed by atoms with Crippen LogP contribution in [0, 0.1) is 5.92 Å². The highest BCUT2D eigenvalue weighted by Crippen LogP contribution is 2.35. The van der Waals surface area contributed by atoms with Crippen molar-refractivity contribution in [1.29, 1.82) is 0 Å². The summed E-state index contributed by atoms with van der Waals surface area (Å²) in [5.74, 6) is 2.66. The zero-order valence-corrected chi connectivity index (χ0v) is 25.3. The minimum Gasteiger partial charge on any atom is -0.383 e.